The molecule has 2 aromatic rings. The van der Waals surface area contributed by atoms with E-state index in [0.717, 1.165) is 0 Å². The van der Waals surface area contributed by atoms with Gasteiger partial charge < -0.3 is 18.6 Å². The van der Waals surface area contributed by atoms with Crippen molar-refractivity contribution in [3.8, 4) is 11.5 Å². The van der Waals surface area contributed by atoms with E-state index in [1.807, 2.05) is 0 Å². The Labute approximate surface area is 265 Å². The number of ether oxygens (including phenoxy) is 2. The van der Waals surface area contributed by atoms with Gasteiger partial charge in [-0.3, -0.25) is 0 Å². The second kappa shape index (κ2) is 15.4. The van der Waals surface area contributed by atoms with Crippen LogP contribution in [-0.4, -0.2) is 59.1 Å². The first-order chi connectivity index (χ1) is 15.2. The minimum absolute atomic E-state index is 0. The minimum atomic E-state index is -4.34. The molecule has 0 fully saturated rings. The molecule has 0 bridgehead atoms. The number of hydrogen-bond acceptors (Lipinski definition) is 10. The van der Waals surface area contributed by atoms with Crippen LogP contribution in [0.25, 0.3) is 0 Å². The summed E-state index contributed by atoms with van der Waals surface area (Å²) in [6.45, 7) is -0.0807. The fourth-order valence-electron chi connectivity index (χ4n) is 2.50. The molecule has 0 aliphatic heterocycles. The van der Waals surface area contributed by atoms with E-state index in [2.05, 4.69) is 31.9 Å². The molecule has 0 aliphatic rings. The molecule has 2 aromatic carbocycles. The van der Waals surface area contributed by atoms with Gasteiger partial charge in [-0.25, -0.2) is 25.3 Å². The van der Waals surface area contributed by atoms with Gasteiger partial charge in [0.2, 0.25) is 9.84 Å². The molecule has 0 saturated carbocycles. The topological polar surface area (TPSA) is 167 Å². The van der Waals surface area contributed by atoms with Gasteiger partial charge in [0.05, 0.1) is 52.2 Å². The number of hydrogen-bond donors (Lipinski definition) is 0. The third kappa shape index (κ3) is 12.4. The normalized spacial score (nSPS) is 11.8. The Hall–Kier alpha value is 0.770. The zero-order valence-electron chi connectivity index (χ0n) is 18.8. The minimum Gasteiger partial charge on any atom is -0.748 e. The summed E-state index contributed by atoms with van der Waals surface area (Å²) in [5.74, 6) is -0.572. The van der Waals surface area contributed by atoms with Crippen LogP contribution >= 0.6 is 31.9 Å². The van der Waals surface area contributed by atoms with Crippen molar-refractivity contribution >= 4 is 61.9 Å². The fraction of sp³-hybridized carbons (Fsp3) is 0.333. The second-order valence-electron chi connectivity index (χ2n) is 6.62. The molecular formula is C18H18Br2Na2O10S3. The van der Waals surface area contributed by atoms with E-state index in [4.69, 9.17) is 9.47 Å². The van der Waals surface area contributed by atoms with Gasteiger partial charge in [0, 0.05) is 11.5 Å². The van der Waals surface area contributed by atoms with Crippen molar-refractivity contribution in [3.05, 3.63) is 45.3 Å². The van der Waals surface area contributed by atoms with E-state index in [1.54, 1.807) is 0 Å². The summed E-state index contributed by atoms with van der Waals surface area (Å²) in [6, 6.07) is 8.11. The van der Waals surface area contributed by atoms with Gasteiger partial charge in [0.25, 0.3) is 0 Å². The van der Waals surface area contributed by atoms with Crippen molar-refractivity contribution in [2.24, 2.45) is 0 Å². The predicted molar refractivity (Wildman–Crippen MR) is 123 cm³/mol. The van der Waals surface area contributed by atoms with Gasteiger partial charge in [0.15, 0.2) is 0 Å². The molecule has 0 saturated heterocycles. The Bertz CT molecular complexity index is 1220. The summed E-state index contributed by atoms with van der Waals surface area (Å²) in [7, 11) is -12.6. The molecule has 0 N–H and O–H groups in total. The molecular weight excluding hydrogens is 678 g/mol. The van der Waals surface area contributed by atoms with Gasteiger partial charge in [-0.1, -0.05) is 0 Å². The predicted octanol–water partition coefficient (Wildman–Crippen LogP) is -3.32. The molecule has 0 unspecified atom stereocenters. The molecule has 0 amide bonds. The molecule has 0 spiro atoms. The van der Waals surface area contributed by atoms with Crippen molar-refractivity contribution in [1.82, 2.24) is 0 Å². The standard InChI is InChI=1S/C18H20Br2O10S3.2Na/c19-15-11-13(3-5-17(15)29-7-1-9-31(21,22)23)33(27,28)14-4-6-18(16(20)12-14)30-8-2-10-32(24,25)26;;/h3-6,11-12H,1-2,7-10H2,(H,21,22,23)(H,24,25,26);;/q;2*+1/p-2. The smallest absolute Gasteiger partial charge is 0.748 e. The Morgan fingerprint density at radius 1 is 0.657 bits per heavy atom. The van der Waals surface area contributed by atoms with Gasteiger partial charge in [-0.15, -0.1) is 0 Å². The summed E-state index contributed by atoms with van der Waals surface area (Å²) >= 11 is 6.43. The molecule has 0 radical (unpaired) electrons. The summed E-state index contributed by atoms with van der Waals surface area (Å²) in [4.78, 5) is -0.0739. The van der Waals surface area contributed by atoms with Crippen molar-refractivity contribution < 1.29 is 103 Å². The van der Waals surface area contributed by atoms with Crippen molar-refractivity contribution in [1.29, 1.82) is 0 Å². The number of rotatable bonds is 12. The monoisotopic (exact) mass is 694 g/mol. The first kappa shape index (κ1) is 35.8. The molecule has 0 atom stereocenters. The van der Waals surface area contributed by atoms with Gasteiger partial charge in [-0.2, -0.15) is 0 Å². The SMILES string of the molecule is O=S(=O)([O-])CCCOc1ccc(S(=O)(=O)c2ccc(OCCCS(=O)(=O)[O-])c(Br)c2)cc1Br.[Na+].[Na+]. The Morgan fingerprint density at radius 3 is 1.29 bits per heavy atom. The molecule has 17 heteroatoms. The maximum atomic E-state index is 13.0. The molecule has 0 aromatic heterocycles. The third-order valence-electron chi connectivity index (χ3n) is 4.02. The maximum Gasteiger partial charge on any atom is 1.00 e. The number of benzene rings is 2. The summed E-state index contributed by atoms with van der Waals surface area (Å²) < 4.78 is 101. The number of sulfone groups is 1. The summed E-state index contributed by atoms with van der Waals surface area (Å²) in [5, 5.41) is 0. The molecule has 0 aliphatic carbocycles. The van der Waals surface area contributed by atoms with Gasteiger partial charge in [0.1, 0.15) is 11.5 Å². The molecule has 0 heterocycles. The van der Waals surface area contributed by atoms with E-state index in [9.17, 15) is 34.4 Å². The van der Waals surface area contributed by atoms with Crippen LogP contribution in [0.2, 0.25) is 0 Å². The maximum absolute atomic E-state index is 13.0. The van der Waals surface area contributed by atoms with Crippen LogP contribution in [0.4, 0.5) is 0 Å². The average Bonchev–Trinajstić information content (AvgIpc) is 2.68. The first-order valence-corrected chi connectivity index (χ1v) is 15.4. The van der Waals surface area contributed by atoms with Crippen LogP contribution in [0, 0.1) is 0 Å². The molecule has 2 rings (SSSR count). The van der Waals surface area contributed by atoms with E-state index in [-0.39, 0.29) is 106 Å². The molecule has 184 valence electrons. The quantitative estimate of drug-likeness (QED) is 0.125. The average molecular weight is 696 g/mol. The second-order valence-corrected chi connectivity index (χ2v) is 13.3. The van der Waals surface area contributed by atoms with Gasteiger partial charge in [-0.05, 0) is 81.1 Å². The number of halogens is 2. The van der Waals surface area contributed by atoms with E-state index < -0.39 is 41.6 Å². The zero-order chi connectivity index (χ0) is 24.9. The van der Waals surface area contributed by atoms with E-state index in [1.165, 1.54) is 36.4 Å². The zero-order valence-corrected chi connectivity index (χ0v) is 28.4. The van der Waals surface area contributed by atoms with Crippen LogP contribution in [-0.2, 0) is 30.1 Å². The van der Waals surface area contributed by atoms with Crippen molar-refractivity contribution in [3.63, 3.8) is 0 Å². The van der Waals surface area contributed by atoms with E-state index >= 15 is 0 Å². The summed E-state index contributed by atoms with van der Waals surface area (Å²) in [5.41, 5.74) is 0. The van der Waals surface area contributed by atoms with Crippen LogP contribution in [0.1, 0.15) is 12.8 Å². The third-order valence-corrected chi connectivity index (χ3v) is 8.59. The Kier molecular flexibility index (Phi) is 15.7. The van der Waals surface area contributed by atoms with Crippen LogP contribution in [0.3, 0.4) is 0 Å². The van der Waals surface area contributed by atoms with Crippen molar-refractivity contribution in [2.75, 3.05) is 24.7 Å². The van der Waals surface area contributed by atoms with Gasteiger partial charge >= 0.3 is 59.1 Å². The molecule has 35 heavy (non-hydrogen) atoms. The van der Waals surface area contributed by atoms with Crippen LogP contribution < -0.4 is 68.6 Å². The van der Waals surface area contributed by atoms with Crippen LogP contribution in [0.5, 0.6) is 11.5 Å². The first-order valence-electron chi connectivity index (χ1n) is 9.16. The Balaban J connectivity index is 0.00000578. The van der Waals surface area contributed by atoms with Crippen molar-refractivity contribution in [2.45, 2.75) is 22.6 Å². The van der Waals surface area contributed by atoms with E-state index in [0.29, 0.717) is 8.95 Å². The largest absolute Gasteiger partial charge is 1.00 e. The Morgan fingerprint density at radius 2 is 1.00 bits per heavy atom. The van der Waals surface area contributed by atoms with Crippen LogP contribution in [0.15, 0.2) is 55.1 Å². The summed E-state index contributed by atoms with van der Waals surface area (Å²) in [6.07, 6.45) is -0.0130. The fourth-order valence-corrected chi connectivity index (χ4v) is 6.05. The molecule has 10 nitrogen and oxygen atoms in total.